The van der Waals surface area contributed by atoms with Crippen LogP contribution in [0.15, 0.2) is 6.07 Å². The molecule has 0 saturated heterocycles. The first-order valence-electron chi connectivity index (χ1n) is 4.03. The zero-order chi connectivity index (χ0) is 14.1. The van der Waals surface area contributed by atoms with E-state index in [1.165, 1.54) is 22.6 Å². The molecule has 10 heteroatoms. The van der Waals surface area contributed by atoms with Gasteiger partial charge in [0.1, 0.15) is 5.69 Å². The van der Waals surface area contributed by atoms with Crippen LogP contribution in [0, 0.1) is 3.57 Å². The van der Waals surface area contributed by atoms with Crippen LogP contribution in [0.25, 0.3) is 0 Å². The molecule has 3 nitrogen and oxygen atoms in total. The third-order valence-corrected chi connectivity index (χ3v) is 2.36. The molecule has 0 saturated carbocycles. The average molecular weight is 385 g/mol. The largest absolute Gasteiger partial charge is 0.573 e. The van der Waals surface area contributed by atoms with E-state index < -0.39 is 33.2 Å². The van der Waals surface area contributed by atoms with E-state index in [9.17, 15) is 31.1 Å². The predicted octanol–water partition coefficient (Wildman–Crippen LogP) is 3.42. The van der Waals surface area contributed by atoms with Crippen molar-refractivity contribution in [3.8, 4) is 5.75 Å². The molecule has 0 aliphatic heterocycles. The number of aldehydes is 1. The minimum absolute atomic E-state index is 0.00519. The summed E-state index contributed by atoms with van der Waals surface area (Å²) in [5, 5.41) is 0. The van der Waals surface area contributed by atoms with Gasteiger partial charge in [0.2, 0.25) is 0 Å². The molecule has 0 aliphatic rings. The van der Waals surface area contributed by atoms with Gasteiger partial charge in [0.05, 0.1) is 3.57 Å². The molecular weight excluding hydrogens is 383 g/mol. The zero-order valence-electron chi connectivity index (χ0n) is 8.06. The van der Waals surface area contributed by atoms with Crippen molar-refractivity contribution in [1.29, 1.82) is 0 Å². The van der Waals surface area contributed by atoms with Crippen molar-refractivity contribution in [1.82, 2.24) is 4.98 Å². The SMILES string of the molecule is O=Cc1cc(I)c(OC(F)(F)F)c(C(F)(F)F)n1. The van der Waals surface area contributed by atoms with Gasteiger partial charge in [-0.2, -0.15) is 13.2 Å². The summed E-state index contributed by atoms with van der Waals surface area (Å²) in [6.45, 7) is 0. The van der Waals surface area contributed by atoms with Gasteiger partial charge in [-0.1, -0.05) is 0 Å². The molecule has 0 bridgehead atoms. The topological polar surface area (TPSA) is 39.2 Å². The second-order valence-corrected chi connectivity index (χ2v) is 4.03. The number of alkyl halides is 6. The number of rotatable bonds is 2. The Hall–Kier alpha value is -1.07. The fourth-order valence-corrected chi connectivity index (χ4v) is 1.67. The van der Waals surface area contributed by atoms with Crippen LogP contribution < -0.4 is 4.74 Å². The Balaban J connectivity index is 3.43. The molecule has 18 heavy (non-hydrogen) atoms. The Bertz CT molecular complexity index is 470. The minimum atomic E-state index is -5.29. The average Bonchev–Trinajstić information content (AvgIpc) is 2.17. The van der Waals surface area contributed by atoms with Crippen molar-refractivity contribution < 1.29 is 35.9 Å². The van der Waals surface area contributed by atoms with Crippen LogP contribution in [-0.4, -0.2) is 17.6 Å². The maximum atomic E-state index is 12.5. The number of ether oxygens (including phenoxy) is 1. The van der Waals surface area contributed by atoms with Gasteiger partial charge in [-0.25, -0.2) is 4.98 Å². The van der Waals surface area contributed by atoms with E-state index in [2.05, 4.69) is 9.72 Å². The van der Waals surface area contributed by atoms with Crippen molar-refractivity contribution in [2.24, 2.45) is 0 Å². The van der Waals surface area contributed by atoms with Crippen LogP contribution in [0.3, 0.4) is 0 Å². The van der Waals surface area contributed by atoms with Crippen molar-refractivity contribution in [2.75, 3.05) is 0 Å². The van der Waals surface area contributed by atoms with Gasteiger partial charge in [0.25, 0.3) is 0 Å². The van der Waals surface area contributed by atoms with E-state index in [1.54, 1.807) is 0 Å². The van der Waals surface area contributed by atoms with Crippen LogP contribution >= 0.6 is 22.6 Å². The third-order valence-electron chi connectivity index (χ3n) is 1.55. The highest BCUT2D eigenvalue weighted by Gasteiger charge is 2.42. The fraction of sp³-hybridized carbons (Fsp3) is 0.250. The summed E-state index contributed by atoms with van der Waals surface area (Å²) in [5.74, 6) is -1.47. The van der Waals surface area contributed by atoms with E-state index >= 15 is 0 Å². The lowest BCUT2D eigenvalue weighted by atomic mass is 10.2. The van der Waals surface area contributed by atoms with E-state index in [4.69, 9.17) is 0 Å². The fourth-order valence-electron chi connectivity index (χ4n) is 0.986. The number of carbonyl (C=O) groups excluding carboxylic acids is 1. The first-order chi connectivity index (χ1) is 8.04. The van der Waals surface area contributed by atoms with Gasteiger partial charge in [-0.05, 0) is 28.7 Å². The lowest BCUT2D eigenvalue weighted by molar-refractivity contribution is -0.276. The molecule has 0 unspecified atom stereocenters. The van der Waals surface area contributed by atoms with Crippen LogP contribution in [0.4, 0.5) is 26.3 Å². The third kappa shape index (κ3) is 3.71. The molecule has 0 amide bonds. The highest BCUT2D eigenvalue weighted by atomic mass is 127. The van der Waals surface area contributed by atoms with E-state index in [0.29, 0.717) is 0 Å². The second kappa shape index (κ2) is 4.90. The van der Waals surface area contributed by atoms with Crippen LogP contribution in [-0.2, 0) is 6.18 Å². The molecule has 0 aliphatic carbocycles. The van der Waals surface area contributed by atoms with Crippen LogP contribution in [0.5, 0.6) is 5.75 Å². The van der Waals surface area contributed by atoms with Crippen molar-refractivity contribution in [2.45, 2.75) is 12.5 Å². The quantitative estimate of drug-likeness (QED) is 0.445. The van der Waals surface area contributed by atoms with E-state index in [-0.39, 0.29) is 6.29 Å². The molecular formula is C8H2F6INO2. The molecule has 1 heterocycles. The molecule has 1 aromatic rings. The standard InChI is InChI=1S/C8H2F6INO2/c9-7(10,11)6-5(18-8(12,13)14)4(15)1-3(2-17)16-6/h1-2H. The zero-order valence-corrected chi connectivity index (χ0v) is 10.2. The normalized spacial score (nSPS) is 12.4. The summed E-state index contributed by atoms with van der Waals surface area (Å²) in [4.78, 5) is 13.1. The van der Waals surface area contributed by atoms with Gasteiger partial charge in [-0.15, -0.1) is 13.2 Å². The molecule has 1 rings (SSSR count). The number of halogens is 7. The second-order valence-electron chi connectivity index (χ2n) is 2.87. The summed E-state index contributed by atoms with van der Waals surface area (Å²) in [6, 6.07) is 0.754. The van der Waals surface area contributed by atoms with Crippen molar-refractivity contribution >= 4 is 28.9 Å². The molecule has 0 N–H and O–H groups in total. The van der Waals surface area contributed by atoms with Crippen molar-refractivity contribution in [3.63, 3.8) is 0 Å². The van der Waals surface area contributed by atoms with Crippen LogP contribution in [0.1, 0.15) is 16.2 Å². The molecule has 0 fully saturated rings. The van der Waals surface area contributed by atoms with Gasteiger partial charge >= 0.3 is 12.5 Å². The summed E-state index contributed by atoms with van der Waals surface area (Å²) >= 11 is 1.19. The number of pyridine rings is 1. The summed E-state index contributed by atoms with van der Waals surface area (Å²) in [5.41, 5.74) is -2.53. The monoisotopic (exact) mass is 385 g/mol. The predicted molar refractivity (Wildman–Crippen MR) is 54.0 cm³/mol. The maximum absolute atomic E-state index is 12.5. The van der Waals surface area contributed by atoms with Gasteiger partial charge in [-0.3, -0.25) is 4.79 Å². The highest BCUT2D eigenvalue weighted by molar-refractivity contribution is 14.1. The molecule has 0 aromatic carbocycles. The number of carbonyl (C=O) groups is 1. The Kier molecular flexibility index (Phi) is 4.08. The Morgan fingerprint density at radius 2 is 1.78 bits per heavy atom. The molecule has 0 radical (unpaired) electrons. The van der Waals surface area contributed by atoms with E-state index in [1.807, 2.05) is 0 Å². The Morgan fingerprint density at radius 3 is 2.17 bits per heavy atom. The minimum Gasteiger partial charge on any atom is -0.402 e. The van der Waals surface area contributed by atoms with E-state index in [0.717, 1.165) is 6.07 Å². The lowest BCUT2D eigenvalue weighted by Crippen LogP contribution is -2.22. The van der Waals surface area contributed by atoms with Gasteiger partial charge in [0.15, 0.2) is 17.7 Å². The Morgan fingerprint density at radius 1 is 1.22 bits per heavy atom. The smallest absolute Gasteiger partial charge is 0.402 e. The molecule has 0 atom stereocenters. The Labute approximate surface area is 109 Å². The number of hydrogen-bond acceptors (Lipinski definition) is 3. The van der Waals surface area contributed by atoms with Gasteiger partial charge in [0, 0.05) is 0 Å². The first-order valence-corrected chi connectivity index (χ1v) is 5.11. The summed E-state index contributed by atoms with van der Waals surface area (Å²) in [6.07, 6.45) is -10.5. The van der Waals surface area contributed by atoms with Gasteiger partial charge < -0.3 is 4.74 Å². The number of nitrogens with zero attached hydrogens (tertiary/aromatic N) is 1. The van der Waals surface area contributed by atoms with Crippen molar-refractivity contribution in [3.05, 3.63) is 21.0 Å². The summed E-state index contributed by atoms with van der Waals surface area (Å²) < 4.78 is 76.2. The summed E-state index contributed by atoms with van der Waals surface area (Å²) in [7, 11) is 0. The maximum Gasteiger partial charge on any atom is 0.573 e. The number of aromatic nitrogens is 1. The highest BCUT2D eigenvalue weighted by Crippen LogP contribution is 2.39. The first kappa shape index (κ1) is 15.0. The number of hydrogen-bond donors (Lipinski definition) is 0. The molecule has 0 spiro atoms. The molecule has 100 valence electrons. The molecule has 1 aromatic heterocycles. The van der Waals surface area contributed by atoms with Crippen LogP contribution in [0.2, 0.25) is 0 Å². The lowest BCUT2D eigenvalue weighted by Gasteiger charge is -2.16.